The molecule has 0 aliphatic carbocycles. The van der Waals surface area contributed by atoms with Gasteiger partial charge < -0.3 is 4.74 Å². The number of nitrogens with zero attached hydrogens (tertiary/aromatic N) is 1. The standard InChI is InChI=1S/C18H13FN2O3S/c1-24-17(23)13-4-2-12(3-5-13)16(22)21-18-20-15(10-25-18)11-6-8-14(19)9-7-11/h2-10H,1H3,(H,20,21,22). The third-order valence-corrected chi connectivity index (χ3v) is 4.19. The van der Waals surface area contributed by atoms with Crippen molar-refractivity contribution in [1.29, 1.82) is 0 Å². The lowest BCUT2D eigenvalue weighted by Crippen LogP contribution is -2.12. The summed E-state index contributed by atoms with van der Waals surface area (Å²) >= 11 is 1.27. The number of hydrogen-bond acceptors (Lipinski definition) is 5. The fourth-order valence-electron chi connectivity index (χ4n) is 2.13. The molecule has 2 aromatic carbocycles. The topological polar surface area (TPSA) is 68.3 Å². The molecule has 7 heteroatoms. The highest BCUT2D eigenvalue weighted by atomic mass is 32.1. The van der Waals surface area contributed by atoms with E-state index in [-0.39, 0.29) is 11.7 Å². The minimum atomic E-state index is -0.462. The Morgan fingerprint density at radius 3 is 2.32 bits per heavy atom. The summed E-state index contributed by atoms with van der Waals surface area (Å²) in [7, 11) is 1.30. The van der Waals surface area contributed by atoms with Gasteiger partial charge in [-0.3, -0.25) is 10.1 Å². The van der Waals surface area contributed by atoms with Crippen molar-refractivity contribution in [3.63, 3.8) is 0 Å². The van der Waals surface area contributed by atoms with Crippen LogP contribution < -0.4 is 5.32 Å². The SMILES string of the molecule is COC(=O)c1ccc(C(=O)Nc2nc(-c3ccc(F)cc3)cs2)cc1. The van der Waals surface area contributed by atoms with Crippen molar-refractivity contribution >= 4 is 28.3 Å². The van der Waals surface area contributed by atoms with Gasteiger partial charge in [-0.1, -0.05) is 0 Å². The highest BCUT2D eigenvalue weighted by Gasteiger charge is 2.11. The summed E-state index contributed by atoms with van der Waals surface area (Å²) in [5.74, 6) is -1.12. The summed E-state index contributed by atoms with van der Waals surface area (Å²) in [6, 6.07) is 12.1. The quantitative estimate of drug-likeness (QED) is 0.718. The number of carbonyl (C=O) groups excluding carboxylic acids is 2. The molecule has 0 aliphatic rings. The number of ether oxygens (including phenoxy) is 1. The second kappa shape index (κ2) is 7.23. The molecular weight excluding hydrogens is 343 g/mol. The van der Waals surface area contributed by atoms with E-state index in [1.54, 1.807) is 17.5 Å². The number of nitrogens with one attached hydrogen (secondary N) is 1. The normalized spacial score (nSPS) is 10.3. The molecule has 126 valence electrons. The zero-order chi connectivity index (χ0) is 17.8. The maximum absolute atomic E-state index is 13.0. The Bertz CT molecular complexity index is 905. The predicted molar refractivity (Wildman–Crippen MR) is 93.2 cm³/mol. The lowest BCUT2D eigenvalue weighted by Gasteiger charge is -2.03. The van der Waals surface area contributed by atoms with Crippen LogP contribution in [-0.2, 0) is 4.74 Å². The molecule has 1 amide bonds. The number of amides is 1. The molecule has 0 spiro atoms. The van der Waals surface area contributed by atoms with Crippen molar-refractivity contribution in [3.05, 3.63) is 70.9 Å². The van der Waals surface area contributed by atoms with Crippen LogP contribution in [0.15, 0.2) is 53.9 Å². The monoisotopic (exact) mass is 356 g/mol. The van der Waals surface area contributed by atoms with Gasteiger partial charge >= 0.3 is 5.97 Å². The van der Waals surface area contributed by atoms with Gasteiger partial charge in [0.25, 0.3) is 5.91 Å². The number of anilines is 1. The van der Waals surface area contributed by atoms with Gasteiger partial charge in [0.15, 0.2) is 5.13 Å². The van der Waals surface area contributed by atoms with E-state index in [4.69, 9.17) is 0 Å². The van der Waals surface area contributed by atoms with Crippen LogP contribution in [0.2, 0.25) is 0 Å². The Kier molecular flexibility index (Phi) is 4.85. The Morgan fingerprint density at radius 2 is 1.68 bits per heavy atom. The van der Waals surface area contributed by atoms with Crippen molar-refractivity contribution in [1.82, 2.24) is 4.98 Å². The zero-order valence-corrected chi connectivity index (χ0v) is 14.0. The Labute approximate surface area is 147 Å². The lowest BCUT2D eigenvalue weighted by atomic mass is 10.1. The molecule has 0 unspecified atom stereocenters. The van der Waals surface area contributed by atoms with Crippen LogP contribution in [-0.4, -0.2) is 24.0 Å². The summed E-state index contributed by atoms with van der Waals surface area (Å²) in [5, 5.41) is 4.91. The summed E-state index contributed by atoms with van der Waals surface area (Å²) in [6.07, 6.45) is 0. The average Bonchev–Trinajstić information content (AvgIpc) is 3.10. The molecule has 5 nitrogen and oxygen atoms in total. The number of benzene rings is 2. The van der Waals surface area contributed by atoms with E-state index in [1.807, 2.05) is 0 Å². The number of rotatable bonds is 4. The second-order valence-corrected chi connectivity index (χ2v) is 5.93. The Morgan fingerprint density at radius 1 is 1.04 bits per heavy atom. The summed E-state index contributed by atoms with van der Waals surface area (Å²) < 4.78 is 17.6. The van der Waals surface area contributed by atoms with E-state index in [2.05, 4.69) is 15.0 Å². The van der Waals surface area contributed by atoms with Crippen LogP contribution in [0.25, 0.3) is 11.3 Å². The Balaban J connectivity index is 1.71. The molecule has 0 fully saturated rings. The van der Waals surface area contributed by atoms with E-state index < -0.39 is 5.97 Å². The molecular formula is C18H13FN2O3S. The number of thiazole rings is 1. The maximum atomic E-state index is 13.0. The molecule has 25 heavy (non-hydrogen) atoms. The molecule has 0 saturated carbocycles. The molecule has 3 aromatic rings. The van der Waals surface area contributed by atoms with E-state index in [0.717, 1.165) is 5.56 Å². The number of halogens is 1. The highest BCUT2D eigenvalue weighted by Crippen LogP contribution is 2.25. The summed E-state index contributed by atoms with van der Waals surface area (Å²) in [5.41, 5.74) is 2.18. The Hall–Kier alpha value is -3.06. The first-order valence-corrected chi connectivity index (χ1v) is 8.16. The van der Waals surface area contributed by atoms with E-state index >= 15 is 0 Å². The predicted octanol–water partition coefficient (Wildman–Crippen LogP) is 3.99. The van der Waals surface area contributed by atoms with Gasteiger partial charge in [0.2, 0.25) is 0 Å². The number of methoxy groups -OCH3 is 1. The van der Waals surface area contributed by atoms with E-state index in [9.17, 15) is 14.0 Å². The minimum absolute atomic E-state index is 0.317. The lowest BCUT2D eigenvalue weighted by molar-refractivity contribution is 0.0600. The first-order valence-electron chi connectivity index (χ1n) is 7.28. The van der Waals surface area contributed by atoms with Crippen molar-refractivity contribution < 1.29 is 18.7 Å². The third kappa shape index (κ3) is 3.89. The number of aromatic nitrogens is 1. The first-order chi connectivity index (χ1) is 12.1. The van der Waals surface area contributed by atoms with Gasteiger partial charge in [-0.05, 0) is 48.5 Å². The fourth-order valence-corrected chi connectivity index (χ4v) is 2.84. The largest absolute Gasteiger partial charge is 0.465 e. The average molecular weight is 356 g/mol. The summed E-state index contributed by atoms with van der Waals surface area (Å²) in [4.78, 5) is 28.0. The van der Waals surface area contributed by atoms with Crippen molar-refractivity contribution in [3.8, 4) is 11.3 Å². The van der Waals surface area contributed by atoms with Crippen molar-refractivity contribution in [2.24, 2.45) is 0 Å². The fraction of sp³-hybridized carbons (Fsp3) is 0.0556. The second-order valence-electron chi connectivity index (χ2n) is 5.07. The summed E-state index contributed by atoms with van der Waals surface area (Å²) in [6.45, 7) is 0. The third-order valence-electron chi connectivity index (χ3n) is 3.43. The van der Waals surface area contributed by atoms with Gasteiger partial charge in [-0.2, -0.15) is 0 Å². The molecule has 0 bridgehead atoms. The molecule has 1 N–H and O–H groups in total. The van der Waals surface area contributed by atoms with Gasteiger partial charge in [-0.15, -0.1) is 11.3 Å². The van der Waals surface area contributed by atoms with Crippen LogP contribution in [0.1, 0.15) is 20.7 Å². The van der Waals surface area contributed by atoms with Gasteiger partial charge in [-0.25, -0.2) is 14.2 Å². The molecule has 3 rings (SSSR count). The number of hydrogen-bond donors (Lipinski definition) is 1. The molecule has 0 aliphatic heterocycles. The molecule has 1 heterocycles. The van der Waals surface area contributed by atoms with Crippen LogP contribution in [0.5, 0.6) is 0 Å². The van der Waals surface area contributed by atoms with E-state index in [0.29, 0.717) is 22.0 Å². The zero-order valence-electron chi connectivity index (χ0n) is 13.2. The van der Waals surface area contributed by atoms with Gasteiger partial charge in [0.1, 0.15) is 5.82 Å². The van der Waals surface area contributed by atoms with Crippen molar-refractivity contribution in [2.75, 3.05) is 12.4 Å². The van der Waals surface area contributed by atoms with Crippen LogP contribution in [0, 0.1) is 5.82 Å². The number of esters is 1. The molecule has 0 saturated heterocycles. The first kappa shape index (κ1) is 16.8. The highest BCUT2D eigenvalue weighted by molar-refractivity contribution is 7.14. The van der Waals surface area contributed by atoms with Crippen LogP contribution >= 0.6 is 11.3 Å². The smallest absolute Gasteiger partial charge is 0.337 e. The minimum Gasteiger partial charge on any atom is -0.465 e. The molecule has 0 atom stereocenters. The van der Waals surface area contributed by atoms with Gasteiger partial charge in [0, 0.05) is 16.5 Å². The molecule has 0 radical (unpaired) electrons. The maximum Gasteiger partial charge on any atom is 0.337 e. The van der Waals surface area contributed by atoms with Crippen LogP contribution in [0.3, 0.4) is 0 Å². The van der Waals surface area contributed by atoms with E-state index in [1.165, 1.54) is 54.8 Å². The van der Waals surface area contributed by atoms with Crippen LogP contribution in [0.4, 0.5) is 9.52 Å². The number of carbonyl (C=O) groups is 2. The molecule has 1 aromatic heterocycles. The van der Waals surface area contributed by atoms with Crippen molar-refractivity contribution in [2.45, 2.75) is 0 Å². The van der Waals surface area contributed by atoms with Gasteiger partial charge in [0.05, 0.1) is 18.4 Å².